The van der Waals surface area contributed by atoms with Gasteiger partial charge in [-0.3, -0.25) is 10.6 Å². The summed E-state index contributed by atoms with van der Waals surface area (Å²) in [7, 11) is 0. The lowest BCUT2D eigenvalue weighted by atomic mass is 10.1. The van der Waals surface area contributed by atoms with E-state index in [9.17, 15) is 4.79 Å². The average molecular weight is 202 g/mol. The van der Waals surface area contributed by atoms with Crippen molar-refractivity contribution in [3.05, 3.63) is 29.3 Å². The summed E-state index contributed by atoms with van der Waals surface area (Å²) < 4.78 is 0. The van der Waals surface area contributed by atoms with Gasteiger partial charge in [0.15, 0.2) is 0 Å². The first kappa shape index (κ1) is 11.7. The molecule has 0 radical (unpaired) electrons. The second-order valence-electron chi connectivity index (χ2n) is 2.54. The van der Waals surface area contributed by atoms with Gasteiger partial charge < -0.3 is 11.2 Å². The molecule has 0 aromatic heterocycles. The van der Waals surface area contributed by atoms with E-state index < -0.39 is 5.91 Å². The van der Waals surface area contributed by atoms with Crippen LogP contribution in [0, 0.1) is 6.92 Å². The number of carbonyl (C=O) groups excluding carboxylic acids is 1. The highest BCUT2D eigenvalue weighted by Crippen LogP contribution is 2.14. The minimum absolute atomic E-state index is 0. The van der Waals surface area contributed by atoms with Gasteiger partial charge in [-0.05, 0) is 30.7 Å². The van der Waals surface area contributed by atoms with Crippen LogP contribution in [0.2, 0.25) is 0 Å². The van der Waals surface area contributed by atoms with Gasteiger partial charge in [0.2, 0.25) is 5.91 Å². The van der Waals surface area contributed by atoms with Crippen molar-refractivity contribution in [3.63, 3.8) is 0 Å². The number of hydrazine groups is 1. The van der Waals surface area contributed by atoms with Crippen LogP contribution in [-0.2, 0) is 0 Å². The van der Waals surface area contributed by atoms with Gasteiger partial charge in [-0.25, -0.2) is 0 Å². The molecular weight excluding hydrogens is 190 g/mol. The maximum Gasteiger partial charge on any atom is 0.248 e. The van der Waals surface area contributed by atoms with Crippen LogP contribution in [0.1, 0.15) is 15.9 Å². The summed E-state index contributed by atoms with van der Waals surface area (Å²) in [5.41, 5.74) is 9.77. The smallest absolute Gasteiger partial charge is 0.248 e. The van der Waals surface area contributed by atoms with Crippen LogP contribution >= 0.6 is 12.4 Å². The van der Waals surface area contributed by atoms with E-state index in [1.807, 2.05) is 6.92 Å². The second-order valence-corrected chi connectivity index (χ2v) is 2.54. The second kappa shape index (κ2) is 4.69. The van der Waals surface area contributed by atoms with E-state index in [2.05, 4.69) is 5.43 Å². The number of hydrogen-bond acceptors (Lipinski definition) is 3. The quantitative estimate of drug-likeness (QED) is 0.489. The van der Waals surface area contributed by atoms with Crippen LogP contribution in [0.15, 0.2) is 18.2 Å². The molecule has 1 aromatic rings. The van der Waals surface area contributed by atoms with Gasteiger partial charge in [0.25, 0.3) is 0 Å². The number of rotatable bonds is 2. The van der Waals surface area contributed by atoms with Crippen LogP contribution in [0.5, 0.6) is 0 Å². The Morgan fingerprint density at radius 1 is 1.46 bits per heavy atom. The molecule has 0 aliphatic carbocycles. The number of nitrogen functional groups attached to an aromatic ring is 1. The average Bonchev–Trinajstić information content (AvgIpc) is 2.04. The Kier molecular flexibility index (Phi) is 4.23. The highest BCUT2D eigenvalue weighted by Gasteiger charge is 2.02. The molecule has 13 heavy (non-hydrogen) atoms. The summed E-state index contributed by atoms with van der Waals surface area (Å²) in [4.78, 5) is 10.7. The van der Waals surface area contributed by atoms with Gasteiger partial charge in [-0.2, -0.15) is 0 Å². The summed E-state index contributed by atoms with van der Waals surface area (Å²) in [6.45, 7) is 1.85. The number of halogens is 1. The first-order valence-corrected chi connectivity index (χ1v) is 3.52. The third-order valence-corrected chi connectivity index (χ3v) is 1.67. The van der Waals surface area contributed by atoms with Crippen LogP contribution in [0.25, 0.3) is 0 Å². The monoisotopic (exact) mass is 201 g/mol. The number of anilines is 1. The molecule has 1 aromatic carbocycles. The molecule has 0 aliphatic heterocycles. The third-order valence-electron chi connectivity index (χ3n) is 1.67. The predicted molar refractivity (Wildman–Crippen MR) is 54.8 cm³/mol. The topological polar surface area (TPSA) is 81.1 Å². The zero-order valence-electron chi connectivity index (χ0n) is 7.20. The Bertz CT molecular complexity index is 314. The Morgan fingerprint density at radius 3 is 2.46 bits per heavy atom. The van der Waals surface area contributed by atoms with E-state index in [1.165, 1.54) is 0 Å². The van der Waals surface area contributed by atoms with Crippen LogP contribution < -0.4 is 17.0 Å². The van der Waals surface area contributed by atoms with E-state index >= 15 is 0 Å². The van der Waals surface area contributed by atoms with Crippen molar-refractivity contribution in [1.82, 2.24) is 0 Å². The lowest BCUT2D eigenvalue weighted by molar-refractivity contribution is 0.100. The number of benzene rings is 1. The Morgan fingerprint density at radius 2 is 2.08 bits per heavy atom. The number of nitrogens with two attached hydrogens (primary N) is 2. The van der Waals surface area contributed by atoms with Gasteiger partial charge in [0.1, 0.15) is 0 Å². The molecule has 0 fully saturated rings. The molecule has 5 heteroatoms. The molecule has 0 saturated carbocycles. The van der Waals surface area contributed by atoms with Crippen LogP contribution in [0.3, 0.4) is 0 Å². The fourth-order valence-corrected chi connectivity index (χ4v) is 0.979. The number of amides is 1. The fourth-order valence-electron chi connectivity index (χ4n) is 0.979. The van der Waals surface area contributed by atoms with Crippen molar-refractivity contribution >= 4 is 24.0 Å². The number of primary amides is 1. The molecule has 0 unspecified atom stereocenters. The first-order valence-electron chi connectivity index (χ1n) is 3.52. The molecule has 0 heterocycles. The molecule has 0 aliphatic rings. The summed E-state index contributed by atoms with van der Waals surface area (Å²) in [5, 5.41) is 0. The van der Waals surface area contributed by atoms with Crippen molar-refractivity contribution in [1.29, 1.82) is 0 Å². The van der Waals surface area contributed by atoms with Crippen LogP contribution in [-0.4, -0.2) is 5.91 Å². The predicted octanol–water partition coefficient (Wildman–Crippen LogP) is 0.801. The third kappa shape index (κ3) is 2.61. The molecule has 1 rings (SSSR count). The molecular formula is C8H12ClN3O. The minimum Gasteiger partial charge on any atom is -0.366 e. The van der Waals surface area contributed by atoms with E-state index in [1.54, 1.807) is 18.2 Å². The van der Waals surface area contributed by atoms with Gasteiger partial charge >= 0.3 is 0 Å². The normalized spacial score (nSPS) is 8.77. The van der Waals surface area contributed by atoms with Crippen molar-refractivity contribution in [2.24, 2.45) is 11.6 Å². The van der Waals surface area contributed by atoms with Crippen molar-refractivity contribution in [3.8, 4) is 0 Å². The number of hydrogen-bond donors (Lipinski definition) is 3. The largest absolute Gasteiger partial charge is 0.366 e. The first-order chi connectivity index (χ1) is 5.65. The molecule has 4 nitrogen and oxygen atoms in total. The maximum absolute atomic E-state index is 10.7. The Labute approximate surface area is 82.7 Å². The maximum atomic E-state index is 10.7. The summed E-state index contributed by atoms with van der Waals surface area (Å²) in [6, 6.07) is 5.04. The number of carbonyl (C=O) groups is 1. The highest BCUT2D eigenvalue weighted by molar-refractivity contribution is 5.93. The Hall–Kier alpha value is -1.26. The van der Waals surface area contributed by atoms with Crippen molar-refractivity contribution in [2.45, 2.75) is 6.92 Å². The zero-order valence-corrected chi connectivity index (χ0v) is 8.02. The van der Waals surface area contributed by atoms with Crippen molar-refractivity contribution < 1.29 is 4.79 Å². The minimum atomic E-state index is -0.429. The molecule has 72 valence electrons. The zero-order chi connectivity index (χ0) is 9.14. The Balaban J connectivity index is 0.00000144. The summed E-state index contributed by atoms with van der Waals surface area (Å²) in [6.07, 6.45) is 0. The van der Waals surface area contributed by atoms with E-state index in [-0.39, 0.29) is 12.4 Å². The van der Waals surface area contributed by atoms with Gasteiger partial charge in [-0.15, -0.1) is 12.4 Å². The molecule has 0 spiro atoms. The highest BCUT2D eigenvalue weighted by atomic mass is 35.5. The summed E-state index contributed by atoms with van der Waals surface area (Å²) in [5.74, 6) is 4.78. The lowest BCUT2D eigenvalue weighted by Gasteiger charge is -2.04. The van der Waals surface area contributed by atoms with Gasteiger partial charge in [0.05, 0.1) is 5.69 Å². The summed E-state index contributed by atoms with van der Waals surface area (Å²) >= 11 is 0. The van der Waals surface area contributed by atoms with Crippen molar-refractivity contribution in [2.75, 3.05) is 5.43 Å². The van der Waals surface area contributed by atoms with E-state index in [0.717, 1.165) is 11.3 Å². The van der Waals surface area contributed by atoms with Crippen LogP contribution in [0.4, 0.5) is 5.69 Å². The molecule has 0 atom stereocenters. The standard InChI is InChI=1S/C8H11N3O.ClH/c1-5-4-6(8(9)12)2-3-7(5)11-10;/h2-4,11H,10H2,1H3,(H2,9,12);1H. The number of nitrogens with one attached hydrogen (secondary N) is 1. The molecule has 0 saturated heterocycles. The molecule has 0 bridgehead atoms. The molecule has 1 amide bonds. The van der Waals surface area contributed by atoms with Gasteiger partial charge in [-0.1, -0.05) is 0 Å². The van der Waals surface area contributed by atoms with E-state index in [4.69, 9.17) is 11.6 Å². The van der Waals surface area contributed by atoms with E-state index in [0.29, 0.717) is 5.56 Å². The number of aryl methyl sites for hydroxylation is 1. The van der Waals surface area contributed by atoms with Gasteiger partial charge in [0, 0.05) is 5.56 Å². The lowest BCUT2D eigenvalue weighted by Crippen LogP contribution is -2.13. The SMILES string of the molecule is Cc1cc(C(N)=O)ccc1NN.Cl. The molecule has 5 N–H and O–H groups in total. The fraction of sp³-hybridized carbons (Fsp3) is 0.125.